The molecule has 1 aromatic carbocycles. The van der Waals surface area contributed by atoms with Crippen molar-refractivity contribution in [1.82, 2.24) is 4.98 Å². The number of hydrogen-bond donors (Lipinski definition) is 1. The van der Waals surface area contributed by atoms with Crippen LogP contribution in [-0.2, 0) is 0 Å². The fourth-order valence-electron chi connectivity index (χ4n) is 3.56. The lowest BCUT2D eigenvalue weighted by Crippen LogP contribution is -1.96. The van der Waals surface area contributed by atoms with Crippen LogP contribution in [0.2, 0.25) is 0 Å². The highest BCUT2D eigenvalue weighted by Crippen LogP contribution is 2.47. The molecule has 2 aromatic rings. The van der Waals surface area contributed by atoms with Crippen molar-refractivity contribution in [2.24, 2.45) is 0 Å². The molecule has 0 unspecified atom stereocenters. The van der Waals surface area contributed by atoms with Gasteiger partial charge in [-0.15, -0.1) is 0 Å². The molecule has 0 aliphatic heterocycles. The fraction of sp³-hybridized carbons (Fsp3) is 0.467. The highest BCUT2D eigenvalue weighted by Gasteiger charge is 2.30. The van der Waals surface area contributed by atoms with Crippen LogP contribution in [0.15, 0.2) is 12.3 Å². The first kappa shape index (κ1) is 9.95. The number of fused-ring (bicyclic) bond motifs is 3. The van der Waals surface area contributed by atoms with Crippen molar-refractivity contribution >= 4 is 10.9 Å². The molecule has 1 nitrogen and oxygen atoms in total. The number of hydrogen-bond acceptors (Lipinski definition) is 0. The van der Waals surface area contributed by atoms with E-state index in [1.165, 1.54) is 28.5 Å². The smallest absolute Gasteiger partial charge is 0.0494 e. The molecule has 1 aromatic heterocycles. The van der Waals surface area contributed by atoms with Gasteiger partial charge in [-0.05, 0) is 60.4 Å². The summed E-state index contributed by atoms with van der Waals surface area (Å²) < 4.78 is 0. The van der Waals surface area contributed by atoms with Gasteiger partial charge in [0.15, 0.2) is 0 Å². The monoisotopic (exact) mass is 213 g/mol. The third kappa shape index (κ3) is 1.06. The lowest BCUT2D eigenvalue weighted by atomic mass is 9.91. The summed E-state index contributed by atoms with van der Waals surface area (Å²) in [7, 11) is 0. The zero-order valence-corrected chi connectivity index (χ0v) is 10.5. The van der Waals surface area contributed by atoms with Crippen LogP contribution in [0, 0.1) is 13.8 Å². The standard InChI is InChI=1S/C15H19N/c1-8-7-9(2)14-13(8)11(4)10(3)12-5-6-16-15(12)14/h5-6,8-9,16H,7H2,1-4H3/t8-,9+/m0/s1. The Balaban J connectivity index is 2.49. The molecule has 0 saturated heterocycles. The summed E-state index contributed by atoms with van der Waals surface area (Å²) in [5, 5.41) is 1.41. The van der Waals surface area contributed by atoms with Crippen molar-refractivity contribution in [3.8, 4) is 0 Å². The quantitative estimate of drug-likeness (QED) is 0.667. The average molecular weight is 213 g/mol. The van der Waals surface area contributed by atoms with Crippen molar-refractivity contribution in [2.75, 3.05) is 0 Å². The van der Waals surface area contributed by atoms with E-state index in [4.69, 9.17) is 0 Å². The van der Waals surface area contributed by atoms with Crippen molar-refractivity contribution in [2.45, 2.75) is 46.0 Å². The molecule has 1 N–H and O–H groups in total. The van der Waals surface area contributed by atoms with Gasteiger partial charge in [0.1, 0.15) is 0 Å². The van der Waals surface area contributed by atoms with E-state index in [0.717, 1.165) is 5.92 Å². The molecule has 1 aliphatic carbocycles. The average Bonchev–Trinajstić information content (AvgIpc) is 2.79. The molecule has 16 heavy (non-hydrogen) atoms. The Morgan fingerprint density at radius 2 is 1.75 bits per heavy atom. The SMILES string of the molecule is Cc1c2c(c3[nH]ccc3c1C)[C@H](C)C[C@@H]2C. The molecule has 0 fully saturated rings. The summed E-state index contributed by atoms with van der Waals surface area (Å²) in [6.45, 7) is 9.26. The van der Waals surface area contributed by atoms with Gasteiger partial charge in [0, 0.05) is 17.1 Å². The second-order valence-electron chi connectivity index (χ2n) is 5.38. The number of aryl methyl sites for hydroxylation is 1. The minimum atomic E-state index is 0.699. The number of H-pyrrole nitrogens is 1. The second kappa shape index (κ2) is 3.13. The van der Waals surface area contributed by atoms with Crippen LogP contribution in [0.5, 0.6) is 0 Å². The number of rotatable bonds is 0. The van der Waals surface area contributed by atoms with Crippen molar-refractivity contribution in [3.05, 3.63) is 34.5 Å². The molecule has 0 radical (unpaired) electrons. The normalized spacial score (nSPS) is 24.0. The molecule has 0 bridgehead atoms. The Hall–Kier alpha value is -1.24. The highest BCUT2D eigenvalue weighted by atomic mass is 14.7. The summed E-state index contributed by atoms with van der Waals surface area (Å²) in [6, 6.07) is 2.22. The third-order valence-electron chi connectivity index (χ3n) is 4.37. The maximum atomic E-state index is 3.44. The van der Waals surface area contributed by atoms with Crippen molar-refractivity contribution < 1.29 is 0 Å². The third-order valence-corrected chi connectivity index (χ3v) is 4.37. The predicted molar refractivity (Wildman–Crippen MR) is 69.2 cm³/mol. The van der Waals surface area contributed by atoms with Crippen LogP contribution in [0.1, 0.15) is 54.4 Å². The highest BCUT2D eigenvalue weighted by molar-refractivity contribution is 5.89. The molecular formula is C15H19N. The van der Waals surface area contributed by atoms with Gasteiger partial charge in [0.25, 0.3) is 0 Å². The van der Waals surface area contributed by atoms with E-state index < -0.39 is 0 Å². The van der Waals surface area contributed by atoms with Crippen molar-refractivity contribution in [3.63, 3.8) is 0 Å². The maximum Gasteiger partial charge on any atom is 0.0494 e. The second-order valence-corrected chi connectivity index (χ2v) is 5.38. The first-order chi connectivity index (χ1) is 7.61. The first-order valence-corrected chi connectivity index (χ1v) is 6.21. The lowest BCUT2D eigenvalue weighted by Gasteiger charge is -2.14. The van der Waals surface area contributed by atoms with Crippen LogP contribution >= 0.6 is 0 Å². The molecule has 3 rings (SSSR count). The minimum Gasteiger partial charge on any atom is -0.361 e. The van der Waals surface area contributed by atoms with Crippen LogP contribution in [-0.4, -0.2) is 4.98 Å². The predicted octanol–water partition coefficient (Wildman–Crippen LogP) is 4.40. The van der Waals surface area contributed by atoms with E-state index in [2.05, 4.69) is 44.9 Å². The Morgan fingerprint density at radius 1 is 1.06 bits per heavy atom. The van der Waals surface area contributed by atoms with Crippen molar-refractivity contribution in [1.29, 1.82) is 0 Å². The van der Waals surface area contributed by atoms with E-state index in [-0.39, 0.29) is 0 Å². The maximum absolute atomic E-state index is 3.44. The van der Waals surface area contributed by atoms with Crippen LogP contribution in [0.3, 0.4) is 0 Å². The number of aromatic nitrogens is 1. The van der Waals surface area contributed by atoms with Gasteiger partial charge >= 0.3 is 0 Å². The molecule has 0 spiro atoms. The first-order valence-electron chi connectivity index (χ1n) is 6.21. The summed E-state index contributed by atoms with van der Waals surface area (Å²) >= 11 is 0. The van der Waals surface area contributed by atoms with Crippen LogP contribution < -0.4 is 0 Å². The van der Waals surface area contributed by atoms with Gasteiger partial charge in [-0.1, -0.05) is 13.8 Å². The summed E-state index contributed by atoms with van der Waals surface area (Å²) in [5.74, 6) is 1.42. The molecule has 84 valence electrons. The van der Waals surface area contributed by atoms with Gasteiger partial charge in [-0.3, -0.25) is 0 Å². The van der Waals surface area contributed by atoms with E-state index in [0.29, 0.717) is 5.92 Å². The van der Waals surface area contributed by atoms with E-state index in [9.17, 15) is 0 Å². The summed E-state index contributed by atoms with van der Waals surface area (Å²) in [4.78, 5) is 3.44. The van der Waals surface area contributed by atoms with Gasteiger partial charge < -0.3 is 4.98 Å². The largest absolute Gasteiger partial charge is 0.361 e. The molecule has 1 heteroatoms. The molecule has 0 saturated carbocycles. The number of nitrogens with one attached hydrogen (secondary N) is 1. The van der Waals surface area contributed by atoms with E-state index in [1.807, 2.05) is 0 Å². The Kier molecular flexibility index (Phi) is 1.95. The molecule has 0 amide bonds. The van der Waals surface area contributed by atoms with Gasteiger partial charge in [0.05, 0.1) is 0 Å². The number of benzene rings is 1. The summed E-state index contributed by atoms with van der Waals surface area (Å²) in [5.41, 5.74) is 7.54. The molecule has 1 aliphatic rings. The lowest BCUT2D eigenvalue weighted by molar-refractivity contribution is 0.661. The van der Waals surface area contributed by atoms with Gasteiger partial charge in [-0.25, -0.2) is 0 Å². The van der Waals surface area contributed by atoms with Crippen LogP contribution in [0.25, 0.3) is 10.9 Å². The fourth-order valence-corrected chi connectivity index (χ4v) is 3.56. The minimum absolute atomic E-state index is 0.699. The zero-order valence-electron chi connectivity index (χ0n) is 10.5. The Labute approximate surface area is 96.9 Å². The van der Waals surface area contributed by atoms with E-state index in [1.54, 1.807) is 11.1 Å². The number of aromatic amines is 1. The molecule has 1 heterocycles. The zero-order chi connectivity index (χ0) is 11.4. The Bertz CT molecular complexity index is 562. The Morgan fingerprint density at radius 3 is 2.50 bits per heavy atom. The molecule has 2 atom stereocenters. The topological polar surface area (TPSA) is 15.8 Å². The molecular weight excluding hydrogens is 194 g/mol. The van der Waals surface area contributed by atoms with Crippen LogP contribution in [0.4, 0.5) is 0 Å². The summed E-state index contributed by atoms with van der Waals surface area (Å²) in [6.07, 6.45) is 3.38. The van der Waals surface area contributed by atoms with Gasteiger partial charge in [0.2, 0.25) is 0 Å². The van der Waals surface area contributed by atoms with Gasteiger partial charge in [-0.2, -0.15) is 0 Å². The van der Waals surface area contributed by atoms with E-state index >= 15 is 0 Å².